The van der Waals surface area contributed by atoms with Gasteiger partial charge in [0.15, 0.2) is 5.69 Å². The molecule has 0 bridgehead atoms. The Bertz CT molecular complexity index is 598. The van der Waals surface area contributed by atoms with E-state index in [0.717, 1.165) is 12.8 Å². The maximum Gasteiger partial charge on any atom is 0.274 e. The summed E-state index contributed by atoms with van der Waals surface area (Å²) in [5.41, 5.74) is 0.267. The van der Waals surface area contributed by atoms with Gasteiger partial charge in [0.05, 0.1) is 11.2 Å². The number of aromatic nitrogens is 2. The maximum absolute atomic E-state index is 12.7. The molecule has 7 heteroatoms. The average molecular weight is 339 g/mol. The third-order valence-electron chi connectivity index (χ3n) is 4.28. The molecule has 0 aliphatic carbocycles. The molecule has 0 saturated carbocycles. The number of hydrogen-bond donors (Lipinski definition) is 0. The Balaban J connectivity index is 2.08. The second-order valence-electron chi connectivity index (χ2n) is 6.23. The molecule has 0 unspecified atom stereocenters. The normalized spacial score (nSPS) is 15.8. The Labute approximate surface area is 141 Å². The lowest BCUT2D eigenvalue weighted by molar-refractivity contribution is -0.130. The molecule has 2 heterocycles. The van der Waals surface area contributed by atoms with Gasteiger partial charge in [-0.05, 0) is 12.8 Å². The van der Waals surface area contributed by atoms with Crippen molar-refractivity contribution in [2.24, 2.45) is 0 Å². The molecular formula is C16H23ClN4O2. The van der Waals surface area contributed by atoms with Crippen LogP contribution >= 0.6 is 11.6 Å². The van der Waals surface area contributed by atoms with Crippen LogP contribution in [0.2, 0.25) is 5.02 Å². The van der Waals surface area contributed by atoms with Crippen molar-refractivity contribution in [3.63, 3.8) is 0 Å². The van der Waals surface area contributed by atoms with Gasteiger partial charge in [0.2, 0.25) is 5.91 Å². The molecular weight excluding hydrogens is 316 g/mol. The first kappa shape index (κ1) is 17.7. The van der Waals surface area contributed by atoms with Crippen molar-refractivity contribution >= 4 is 23.4 Å². The summed E-state index contributed by atoms with van der Waals surface area (Å²) in [4.78, 5) is 36.1. The molecule has 1 aromatic rings. The number of hydrogen-bond acceptors (Lipinski definition) is 4. The Hall–Kier alpha value is -1.69. The highest BCUT2D eigenvalue weighted by molar-refractivity contribution is 6.33. The number of piperidine rings is 1. The largest absolute Gasteiger partial charge is 0.343 e. The second kappa shape index (κ2) is 7.25. The van der Waals surface area contributed by atoms with Gasteiger partial charge in [0.25, 0.3) is 5.91 Å². The van der Waals surface area contributed by atoms with Crippen LogP contribution in [-0.2, 0) is 4.79 Å². The van der Waals surface area contributed by atoms with Crippen LogP contribution in [0, 0.1) is 0 Å². The number of likely N-dealkylation sites (tertiary alicyclic amines) is 1. The van der Waals surface area contributed by atoms with E-state index in [4.69, 9.17) is 11.6 Å². The summed E-state index contributed by atoms with van der Waals surface area (Å²) in [7, 11) is 1.81. The highest BCUT2D eigenvalue weighted by Gasteiger charge is 2.28. The standard InChI is InChI=1S/C16H23ClN4O2/c1-10(2)15-18-9-13(17)14(19-15)16(23)21-7-5-12(6-8-21)20(4)11(3)22/h9-10,12H,5-8H2,1-4H3. The monoisotopic (exact) mass is 338 g/mol. The second-order valence-corrected chi connectivity index (χ2v) is 6.64. The summed E-state index contributed by atoms with van der Waals surface area (Å²) < 4.78 is 0. The summed E-state index contributed by atoms with van der Waals surface area (Å²) in [6.07, 6.45) is 3.02. The first-order valence-electron chi connectivity index (χ1n) is 7.86. The Kier molecular flexibility index (Phi) is 5.57. The SMILES string of the molecule is CC(=O)N(C)C1CCN(C(=O)c2nc(C(C)C)ncc2Cl)CC1. The van der Waals surface area contributed by atoms with Gasteiger partial charge in [-0.3, -0.25) is 9.59 Å². The van der Waals surface area contributed by atoms with Crippen molar-refractivity contribution in [1.29, 1.82) is 0 Å². The highest BCUT2D eigenvalue weighted by Crippen LogP contribution is 2.21. The molecule has 0 spiro atoms. The van der Waals surface area contributed by atoms with E-state index in [1.165, 1.54) is 6.20 Å². The summed E-state index contributed by atoms with van der Waals surface area (Å²) >= 11 is 6.11. The highest BCUT2D eigenvalue weighted by atomic mass is 35.5. The fraction of sp³-hybridized carbons (Fsp3) is 0.625. The van der Waals surface area contributed by atoms with E-state index in [1.807, 2.05) is 13.8 Å². The summed E-state index contributed by atoms with van der Waals surface area (Å²) in [5, 5.41) is 0.280. The maximum atomic E-state index is 12.7. The topological polar surface area (TPSA) is 66.4 Å². The fourth-order valence-electron chi connectivity index (χ4n) is 2.67. The van der Waals surface area contributed by atoms with Crippen LogP contribution in [0.3, 0.4) is 0 Å². The van der Waals surface area contributed by atoms with E-state index in [9.17, 15) is 9.59 Å². The van der Waals surface area contributed by atoms with Crippen molar-refractivity contribution in [2.45, 2.75) is 45.6 Å². The quantitative estimate of drug-likeness (QED) is 0.848. The molecule has 2 amide bonds. The minimum Gasteiger partial charge on any atom is -0.343 e. The number of amides is 2. The fourth-order valence-corrected chi connectivity index (χ4v) is 2.84. The van der Waals surface area contributed by atoms with Crippen LogP contribution < -0.4 is 0 Å². The van der Waals surface area contributed by atoms with Crippen LogP contribution in [-0.4, -0.2) is 57.8 Å². The van der Waals surface area contributed by atoms with E-state index in [1.54, 1.807) is 23.8 Å². The number of nitrogens with zero attached hydrogens (tertiary/aromatic N) is 4. The van der Waals surface area contributed by atoms with Gasteiger partial charge in [0.1, 0.15) is 5.82 Å². The first-order valence-corrected chi connectivity index (χ1v) is 8.24. The van der Waals surface area contributed by atoms with Gasteiger partial charge in [-0.25, -0.2) is 9.97 Å². The van der Waals surface area contributed by atoms with Crippen LogP contribution in [0.15, 0.2) is 6.20 Å². The average Bonchev–Trinajstić information content (AvgIpc) is 2.53. The van der Waals surface area contributed by atoms with E-state index in [0.29, 0.717) is 18.9 Å². The third-order valence-corrected chi connectivity index (χ3v) is 4.55. The molecule has 0 atom stereocenters. The van der Waals surface area contributed by atoms with Gasteiger partial charge < -0.3 is 9.80 Å². The molecule has 6 nitrogen and oxygen atoms in total. The molecule has 1 aromatic heterocycles. The van der Waals surface area contributed by atoms with Crippen molar-refractivity contribution in [2.75, 3.05) is 20.1 Å². The molecule has 126 valence electrons. The Morgan fingerprint density at radius 3 is 2.48 bits per heavy atom. The molecule has 1 fully saturated rings. The van der Waals surface area contributed by atoms with E-state index in [2.05, 4.69) is 9.97 Å². The Morgan fingerprint density at radius 1 is 1.35 bits per heavy atom. The molecule has 0 aromatic carbocycles. The van der Waals surface area contributed by atoms with Crippen LogP contribution in [0.25, 0.3) is 0 Å². The van der Waals surface area contributed by atoms with Gasteiger partial charge in [-0.15, -0.1) is 0 Å². The smallest absolute Gasteiger partial charge is 0.274 e. The summed E-state index contributed by atoms with van der Waals surface area (Å²) in [6, 6.07) is 0.184. The van der Waals surface area contributed by atoms with Gasteiger partial charge in [-0.2, -0.15) is 0 Å². The minimum absolute atomic E-state index is 0.0511. The molecule has 1 aliphatic rings. The van der Waals surface area contributed by atoms with E-state index < -0.39 is 0 Å². The van der Waals surface area contributed by atoms with Gasteiger partial charge in [0, 0.05) is 39.0 Å². The van der Waals surface area contributed by atoms with Crippen LogP contribution in [0.1, 0.15) is 55.8 Å². The van der Waals surface area contributed by atoms with Gasteiger partial charge in [-0.1, -0.05) is 25.4 Å². The third kappa shape index (κ3) is 3.99. The number of carbonyl (C=O) groups excluding carboxylic acids is 2. The Morgan fingerprint density at radius 2 is 1.96 bits per heavy atom. The van der Waals surface area contributed by atoms with Gasteiger partial charge >= 0.3 is 0 Å². The van der Waals surface area contributed by atoms with E-state index >= 15 is 0 Å². The zero-order chi connectivity index (χ0) is 17.1. The van der Waals surface area contributed by atoms with Crippen molar-refractivity contribution in [1.82, 2.24) is 19.8 Å². The zero-order valence-electron chi connectivity index (χ0n) is 14.0. The minimum atomic E-state index is -0.164. The molecule has 1 aliphatic heterocycles. The summed E-state index contributed by atoms with van der Waals surface area (Å²) in [6.45, 7) is 6.70. The lowest BCUT2D eigenvalue weighted by Gasteiger charge is -2.36. The van der Waals surface area contributed by atoms with Crippen molar-refractivity contribution in [3.8, 4) is 0 Å². The molecule has 1 saturated heterocycles. The lowest BCUT2D eigenvalue weighted by atomic mass is 10.0. The summed E-state index contributed by atoms with van der Waals surface area (Å²) in [5.74, 6) is 0.635. The predicted octanol–water partition coefficient (Wildman–Crippen LogP) is 2.34. The number of halogens is 1. The first-order chi connectivity index (χ1) is 10.8. The van der Waals surface area contributed by atoms with Crippen LogP contribution in [0.5, 0.6) is 0 Å². The molecule has 0 N–H and O–H groups in total. The lowest BCUT2D eigenvalue weighted by Crippen LogP contribution is -2.47. The van der Waals surface area contributed by atoms with Crippen molar-refractivity contribution in [3.05, 3.63) is 22.7 Å². The van der Waals surface area contributed by atoms with Crippen molar-refractivity contribution < 1.29 is 9.59 Å². The molecule has 2 rings (SSSR count). The zero-order valence-corrected chi connectivity index (χ0v) is 14.8. The molecule has 23 heavy (non-hydrogen) atoms. The molecule has 0 radical (unpaired) electrons. The number of rotatable bonds is 3. The number of carbonyl (C=O) groups is 2. The predicted molar refractivity (Wildman–Crippen MR) is 88.5 cm³/mol. The van der Waals surface area contributed by atoms with E-state index in [-0.39, 0.29) is 34.5 Å². The van der Waals surface area contributed by atoms with Crippen LogP contribution in [0.4, 0.5) is 0 Å².